The molecule has 1 aliphatic rings. The monoisotopic (exact) mass is 281 g/mol. The van der Waals surface area contributed by atoms with Gasteiger partial charge in [0.1, 0.15) is 0 Å². The minimum atomic E-state index is -0.501. The second kappa shape index (κ2) is 3.88. The Hall–Kier alpha value is -0.830. The standard InChI is InChI=1S/C13H16BrNO/c1-9-8-10-6-4-5-7-11(10)15(9)12(16)13(2,3)14/h4-7,9H,8H2,1-3H3/t9-/m0/s1. The topological polar surface area (TPSA) is 20.3 Å². The van der Waals surface area contributed by atoms with Crippen LogP contribution in [0.5, 0.6) is 0 Å². The van der Waals surface area contributed by atoms with Gasteiger partial charge in [0, 0.05) is 11.7 Å². The molecule has 0 radical (unpaired) electrons. The molecule has 1 aliphatic heterocycles. The lowest BCUT2D eigenvalue weighted by Gasteiger charge is -2.28. The van der Waals surface area contributed by atoms with Crippen molar-refractivity contribution in [2.45, 2.75) is 37.6 Å². The summed E-state index contributed by atoms with van der Waals surface area (Å²) < 4.78 is -0.501. The van der Waals surface area contributed by atoms with Crippen LogP contribution in [0.3, 0.4) is 0 Å². The minimum absolute atomic E-state index is 0.130. The van der Waals surface area contributed by atoms with Crippen LogP contribution < -0.4 is 4.90 Å². The lowest BCUT2D eigenvalue weighted by molar-refractivity contribution is -0.120. The molecule has 0 aromatic heterocycles. The first kappa shape index (κ1) is 11.6. The van der Waals surface area contributed by atoms with Gasteiger partial charge in [-0.1, -0.05) is 34.1 Å². The lowest BCUT2D eigenvalue weighted by atomic mass is 10.1. The molecule has 0 saturated heterocycles. The van der Waals surface area contributed by atoms with Crippen LogP contribution in [0, 0.1) is 0 Å². The maximum Gasteiger partial charge on any atom is 0.243 e. The van der Waals surface area contributed by atoms with Crippen LogP contribution >= 0.6 is 15.9 Å². The molecule has 1 aromatic carbocycles. The van der Waals surface area contributed by atoms with Crippen LogP contribution in [0.4, 0.5) is 5.69 Å². The third-order valence-corrected chi connectivity index (χ3v) is 3.27. The molecule has 0 fully saturated rings. The number of carbonyl (C=O) groups is 1. The van der Waals surface area contributed by atoms with Crippen molar-refractivity contribution in [3.05, 3.63) is 29.8 Å². The van der Waals surface area contributed by atoms with E-state index < -0.39 is 4.32 Å². The molecule has 86 valence electrons. The van der Waals surface area contributed by atoms with Crippen molar-refractivity contribution >= 4 is 27.5 Å². The van der Waals surface area contributed by atoms with Gasteiger partial charge < -0.3 is 4.90 Å². The van der Waals surface area contributed by atoms with Gasteiger partial charge in [0.05, 0.1) is 4.32 Å². The molecule has 0 N–H and O–H groups in total. The number of carbonyl (C=O) groups excluding carboxylic acids is 1. The van der Waals surface area contributed by atoms with E-state index in [0.717, 1.165) is 12.1 Å². The fourth-order valence-corrected chi connectivity index (χ4v) is 2.35. The summed E-state index contributed by atoms with van der Waals surface area (Å²) in [5.41, 5.74) is 2.33. The maximum absolute atomic E-state index is 12.3. The summed E-state index contributed by atoms with van der Waals surface area (Å²) in [6, 6.07) is 8.38. The van der Waals surface area contributed by atoms with Gasteiger partial charge >= 0.3 is 0 Å². The van der Waals surface area contributed by atoms with E-state index in [4.69, 9.17) is 0 Å². The van der Waals surface area contributed by atoms with Gasteiger partial charge in [-0.3, -0.25) is 4.79 Å². The molecule has 0 bridgehead atoms. The molecule has 1 heterocycles. The highest BCUT2D eigenvalue weighted by molar-refractivity contribution is 9.10. The predicted octanol–water partition coefficient (Wildman–Crippen LogP) is 3.14. The Morgan fingerprint density at radius 2 is 2.06 bits per heavy atom. The third-order valence-electron chi connectivity index (χ3n) is 2.93. The zero-order valence-electron chi connectivity index (χ0n) is 9.83. The molecule has 0 spiro atoms. The zero-order valence-corrected chi connectivity index (χ0v) is 11.4. The van der Waals surface area contributed by atoms with E-state index in [9.17, 15) is 4.79 Å². The highest BCUT2D eigenvalue weighted by Gasteiger charge is 2.37. The second-order valence-electron chi connectivity index (χ2n) is 4.83. The number of anilines is 1. The van der Waals surface area contributed by atoms with Crippen molar-refractivity contribution in [3.63, 3.8) is 0 Å². The van der Waals surface area contributed by atoms with Crippen molar-refractivity contribution in [2.75, 3.05) is 4.90 Å². The molecule has 16 heavy (non-hydrogen) atoms. The van der Waals surface area contributed by atoms with Crippen molar-refractivity contribution in [2.24, 2.45) is 0 Å². The van der Waals surface area contributed by atoms with Crippen LogP contribution in [-0.4, -0.2) is 16.3 Å². The Morgan fingerprint density at radius 1 is 1.44 bits per heavy atom. The highest BCUT2D eigenvalue weighted by atomic mass is 79.9. The van der Waals surface area contributed by atoms with Crippen LogP contribution in [0.25, 0.3) is 0 Å². The van der Waals surface area contributed by atoms with Gasteiger partial charge in [-0.25, -0.2) is 0 Å². The number of amides is 1. The van der Waals surface area contributed by atoms with Gasteiger partial charge in [-0.15, -0.1) is 0 Å². The van der Waals surface area contributed by atoms with E-state index >= 15 is 0 Å². The van der Waals surface area contributed by atoms with Gasteiger partial charge in [0.25, 0.3) is 0 Å². The molecule has 0 unspecified atom stereocenters. The van der Waals surface area contributed by atoms with Gasteiger partial charge in [0.15, 0.2) is 0 Å². The number of hydrogen-bond acceptors (Lipinski definition) is 1. The summed E-state index contributed by atoms with van der Waals surface area (Å²) in [6.07, 6.45) is 0.949. The predicted molar refractivity (Wildman–Crippen MR) is 70.1 cm³/mol. The third kappa shape index (κ3) is 1.88. The Kier molecular flexibility index (Phi) is 2.82. The first-order chi connectivity index (χ1) is 7.41. The molecule has 1 amide bonds. The second-order valence-corrected chi connectivity index (χ2v) is 6.81. The number of rotatable bonds is 1. The molecular formula is C13H16BrNO. The smallest absolute Gasteiger partial charge is 0.243 e. The average molecular weight is 282 g/mol. The van der Waals surface area contributed by atoms with E-state index in [1.165, 1.54) is 5.56 Å². The Bertz CT molecular complexity index is 422. The van der Waals surface area contributed by atoms with Crippen LogP contribution in [0.2, 0.25) is 0 Å². The number of nitrogens with zero attached hydrogens (tertiary/aromatic N) is 1. The normalized spacial score (nSPS) is 19.8. The summed E-state index contributed by atoms with van der Waals surface area (Å²) in [6.45, 7) is 5.88. The van der Waals surface area contributed by atoms with Crippen molar-refractivity contribution < 1.29 is 4.79 Å². The van der Waals surface area contributed by atoms with Crippen LogP contribution in [0.1, 0.15) is 26.3 Å². The first-order valence-corrected chi connectivity index (χ1v) is 6.31. The van der Waals surface area contributed by atoms with Crippen molar-refractivity contribution in [1.29, 1.82) is 0 Å². The fraction of sp³-hybridized carbons (Fsp3) is 0.462. The largest absolute Gasteiger partial charge is 0.308 e. The average Bonchev–Trinajstić information content (AvgIpc) is 2.51. The van der Waals surface area contributed by atoms with Crippen LogP contribution in [0.15, 0.2) is 24.3 Å². The summed E-state index contributed by atoms with van der Waals surface area (Å²) in [7, 11) is 0. The molecule has 2 nitrogen and oxygen atoms in total. The van der Waals surface area contributed by atoms with Crippen molar-refractivity contribution in [1.82, 2.24) is 0 Å². The molecule has 3 heteroatoms. The summed E-state index contributed by atoms with van der Waals surface area (Å²) in [4.78, 5) is 14.2. The Morgan fingerprint density at radius 3 is 2.69 bits per heavy atom. The molecule has 0 saturated carbocycles. The number of para-hydroxylation sites is 1. The molecule has 1 aromatic rings. The molecule has 0 aliphatic carbocycles. The maximum atomic E-state index is 12.3. The SMILES string of the molecule is C[C@H]1Cc2ccccc2N1C(=O)C(C)(C)Br. The highest BCUT2D eigenvalue weighted by Crippen LogP contribution is 2.35. The summed E-state index contributed by atoms with van der Waals surface area (Å²) in [5, 5.41) is 0. The summed E-state index contributed by atoms with van der Waals surface area (Å²) in [5.74, 6) is 0.130. The van der Waals surface area contributed by atoms with E-state index in [-0.39, 0.29) is 11.9 Å². The number of benzene rings is 1. The molecular weight excluding hydrogens is 266 g/mol. The van der Waals surface area contributed by atoms with Gasteiger partial charge in [-0.2, -0.15) is 0 Å². The zero-order chi connectivity index (χ0) is 11.9. The number of hydrogen-bond donors (Lipinski definition) is 0. The fourth-order valence-electron chi connectivity index (χ4n) is 2.16. The van der Waals surface area contributed by atoms with Crippen molar-refractivity contribution in [3.8, 4) is 0 Å². The number of fused-ring (bicyclic) bond motifs is 1. The number of alkyl halides is 1. The molecule has 2 rings (SSSR count). The van der Waals surface area contributed by atoms with E-state index in [1.807, 2.05) is 36.9 Å². The Balaban J connectivity index is 2.40. The van der Waals surface area contributed by atoms with E-state index in [2.05, 4.69) is 28.9 Å². The minimum Gasteiger partial charge on any atom is -0.308 e. The van der Waals surface area contributed by atoms with E-state index in [1.54, 1.807) is 0 Å². The Labute approximate surface area is 105 Å². The molecule has 1 atom stereocenters. The lowest BCUT2D eigenvalue weighted by Crippen LogP contribution is -2.44. The quantitative estimate of drug-likeness (QED) is 0.725. The van der Waals surface area contributed by atoms with Gasteiger partial charge in [-0.05, 0) is 38.8 Å². The van der Waals surface area contributed by atoms with Crippen LogP contribution in [-0.2, 0) is 11.2 Å². The number of halogens is 1. The van der Waals surface area contributed by atoms with Gasteiger partial charge in [0.2, 0.25) is 5.91 Å². The van der Waals surface area contributed by atoms with E-state index in [0.29, 0.717) is 0 Å². The summed E-state index contributed by atoms with van der Waals surface area (Å²) >= 11 is 3.44. The first-order valence-electron chi connectivity index (χ1n) is 5.52.